The highest BCUT2D eigenvalue weighted by Gasteiger charge is 2.31. The van der Waals surface area contributed by atoms with E-state index in [1.54, 1.807) is 14.0 Å². The maximum Gasteiger partial charge on any atom is 0.217 e. The van der Waals surface area contributed by atoms with Crippen LogP contribution < -0.4 is 10.1 Å². The van der Waals surface area contributed by atoms with Crippen LogP contribution in [0.4, 0.5) is 0 Å². The van der Waals surface area contributed by atoms with Crippen molar-refractivity contribution in [3.63, 3.8) is 0 Å². The fourth-order valence-corrected chi connectivity index (χ4v) is 3.90. The number of benzene rings is 2. The van der Waals surface area contributed by atoms with Gasteiger partial charge >= 0.3 is 0 Å². The first kappa shape index (κ1) is 19.4. The number of methoxy groups -OCH3 is 1. The van der Waals surface area contributed by atoms with E-state index in [4.69, 9.17) is 9.47 Å². The van der Waals surface area contributed by atoms with Crippen molar-refractivity contribution in [1.82, 2.24) is 5.32 Å². The molecule has 0 saturated carbocycles. The maximum atomic E-state index is 11.6. The highest BCUT2D eigenvalue weighted by atomic mass is 16.5. The van der Waals surface area contributed by atoms with Crippen molar-refractivity contribution in [1.29, 1.82) is 0 Å². The van der Waals surface area contributed by atoms with Crippen LogP contribution in [0.1, 0.15) is 49.0 Å². The molecule has 3 rings (SSSR count). The predicted octanol–water partition coefficient (Wildman–Crippen LogP) is 4.36. The van der Waals surface area contributed by atoms with E-state index in [9.17, 15) is 4.79 Å². The average molecular weight is 367 g/mol. The monoisotopic (exact) mass is 367 g/mol. The van der Waals surface area contributed by atoms with Gasteiger partial charge in [0.15, 0.2) is 0 Å². The van der Waals surface area contributed by atoms with Crippen molar-refractivity contribution in [3.8, 4) is 5.75 Å². The molecule has 0 spiro atoms. The third-order valence-electron chi connectivity index (χ3n) is 5.20. The molecule has 4 heteroatoms. The Kier molecular flexibility index (Phi) is 6.51. The third kappa shape index (κ3) is 5.33. The van der Waals surface area contributed by atoms with Gasteiger partial charge in [-0.25, -0.2) is 0 Å². The number of amides is 1. The van der Waals surface area contributed by atoms with Crippen LogP contribution in [0, 0.1) is 6.92 Å². The first-order valence-corrected chi connectivity index (χ1v) is 9.66. The van der Waals surface area contributed by atoms with E-state index in [-0.39, 0.29) is 24.2 Å². The van der Waals surface area contributed by atoms with Crippen molar-refractivity contribution in [3.05, 3.63) is 65.2 Å². The van der Waals surface area contributed by atoms with Gasteiger partial charge < -0.3 is 14.8 Å². The standard InChI is InChI=1S/C23H29NO3/c1-16-13-19(10-12-22(16)26-3)23-15-20(24-17(2)25)14-21(27-23)11-9-18-7-5-4-6-8-18/h4-8,10,12-13,20-21,23H,9,11,14-15H2,1-3H3,(H,24,25)/t20-,21+,23+/m1/s1. The molecule has 0 aromatic heterocycles. The summed E-state index contributed by atoms with van der Waals surface area (Å²) in [4.78, 5) is 11.6. The molecule has 1 N–H and O–H groups in total. The Morgan fingerprint density at radius 3 is 2.63 bits per heavy atom. The number of hydrogen-bond donors (Lipinski definition) is 1. The summed E-state index contributed by atoms with van der Waals surface area (Å²) in [5.74, 6) is 0.905. The average Bonchev–Trinajstić information content (AvgIpc) is 2.66. The predicted molar refractivity (Wildman–Crippen MR) is 107 cm³/mol. The molecule has 3 atom stereocenters. The molecule has 1 aliphatic heterocycles. The summed E-state index contributed by atoms with van der Waals surface area (Å²) >= 11 is 0. The summed E-state index contributed by atoms with van der Waals surface area (Å²) < 4.78 is 11.8. The van der Waals surface area contributed by atoms with E-state index in [1.165, 1.54) is 5.56 Å². The lowest BCUT2D eigenvalue weighted by atomic mass is 9.91. The van der Waals surface area contributed by atoms with Crippen molar-refractivity contribution in [2.24, 2.45) is 0 Å². The Morgan fingerprint density at radius 1 is 1.19 bits per heavy atom. The van der Waals surface area contributed by atoms with E-state index >= 15 is 0 Å². The van der Waals surface area contributed by atoms with Gasteiger partial charge in [-0.05, 0) is 61.4 Å². The van der Waals surface area contributed by atoms with E-state index in [1.807, 2.05) is 19.1 Å². The Bertz CT molecular complexity index is 759. The molecule has 4 nitrogen and oxygen atoms in total. The van der Waals surface area contributed by atoms with Crippen molar-refractivity contribution < 1.29 is 14.3 Å². The van der Waals surface area contributed by atoms with Crippen LogP contribution in [0.15, 0.2) is 48.5 Å². The molecule has 1 amide bonds. The molecule has 0 unspecified atom stereocenters. The highest BCUT2D eigenvalue weighted by molar-refractivity contribution is 5.73. The van der Waals surface area contributed by atoms with Gasteiger partial charge in [-0.3, -0.25) is 4.79 Å². The second-order valence-corrected chi connectivity index (χ2v) is 7.37. The van der Waals surface area contributed by atoms with Gasteiger partial charge in [-0.1, -0.05) is 36.4 Å². The first-order chi connectivity index (χ1) is 13.0. The van der Waals surface area contributed by atoms with Gasteiger partial charge in [-0.2, -0.15) is 0 Å². The molecule has 0 bridgehead atoms. The van der Waals surface area contributed by atoms with E-state index < -0.39 is 0 Å². The molecule has 1 fully saturated rings. The molecule has 1 heterocycles. The van der Waals surface area contributed by atoms with Crippen molar-refractivity contribution in [2.75, 3.05) is 7.11 Å². The molecule has 0 aliphatic carbocycles. The zero-order valence-corrected chi connectivity index (χ0v) is 16.4. The maximum absolute atomic E-state index is 11.6. The van der Waals surface area contributed by atoms with Gasteiger partial charge in [-0.15, -0.1) is 0 Å². The van der Waals surface area contributed by atoms with Crippen LogP contribution in [-0.4, -0.2) is 25.2 Å². The highest BCUT2D eigenvalue weighted by Crippen LogP contribution is 2.35. The van der Waals surface area contributed by atoms with Crippen LogP contribution in [-0.2, 0) is 16.0 Å². The summed E-state index contributed by atoms with van der Waals surface area (Å²) in [6.45, 7) is 3.63. The summed E-state index contributed by atoms with van der Waals surface area (Å²) in [6, 6.07) is 16.8. The molecular weight excluding hydrogens is 338 g/mol. The quantitative estimate of drug-likeness (QED) is 0.825. The van der Waals surface area contributed by atoms with Crippen LogP contribution in [0.5, 0.6) is 5.75 Å². The fourth-order valence-electron chi connectivity index (χ4n) is 3.90. The van der Waals surface area contributed by atoms with Crippen LogP contribution in [0.2, 0.25) is 0 Å². The van der Waals surface area contributed by atoms with Gasteiger partial charge in [0.2, 0.25) is 5.91 Å². The number of rotatable bonds is 6. The normalized spacial score (nSPS) is 22.3. The van der Waals surface area contributed by atoms with Crippen molar-refractivity contribution in [2.45, 2.75) is 57.8 Å². The largest absolute Gasteiger partial charge is 0.496 e. The summed E-state index contributed by atoms with van der Waals surface area (Å²) in [7, 11) is 1.69. The Hall–Kier alpha value is -2.33. The summed E-state index contributed by atoms with van der Waals surface area (Å²) in [6.07, 6.45) is 3.70. The van der Waals surface area contributed by atoms with Crippen molar-refractivity contribution >= 4 is 5.91 Å². The first-order valence-electron chi connectivity index (χ1n) is 9.66. The molecule has 1 saturated heterocycles. The number of aryl methyl sites for hydroxylation is 2. The van der Waals surface area contributed by atoms with Crippen LogP contribution in [0.25, 0.3) is 0 Å². The molecule has 27 heavy (non-hydrogen) atoms. The number of hydrogen-bond acceptors (Lipinski definition) is 3. The fraction of sp³-hybridized carbons (Fsp3) is 0.435. The molecule has 1 aliphatic rings. The number of ether oxygens (including phenoxy) is 2. The molecule has 144 valence electrons. The lowest BCUT2D eigenvalue weighted by molar-refractivity contribution is -0.122. The van der Waals surface area contributed by atoms with Gasteiger partial charge in [0.1, 0.15) is 5.75 Å². The summed E-state index contributed by atoms with van der Waals surface area (Å²) in [5, 5.41) is 3.10. The summed E-state index contributed by atoms with van der Waals surface area (Å²) in [5.41, 5.74) is 3.56. The van der Waals surface area contributed by atoms with Crippen LogP contribution >= 0.6 is 0 Å². The Labute approximate surface area is 161 Å². The number of nitrogens with one attached hydrogen (secondary N) is 1. The van der Waals surface area contributed by atoms with Gasteiger partial charge in [0.05, 0.1) is 19.3 Å². The Morgan fingerprint density at radius 2 is 1.96 bits per heavy atom. The molecular formula is C23H29NO3. The lowest BCUT2D eigenvalue weighted by Gasteiger charge is -2.36. The second-order valence-electron chi connectivity index (χ2n) is 7.37. The zero-order valence-electron chi connectivity index (χ0n) is 16.4. The topological polar surface area (TPSA) is 47.6 Å². The number of carbonyl (C=O) groups excluding carboxylic acids is 1. The molecule has 2 aromatic carbocycles. The third-order valence-corrected chi connectivity index (χ3v) is 5.20. The van der Waals surface area contributed by atoms with Gasteiger partial charge in [0, 0.05) is 13.0 Å². The second kappa shape index (κ2) is 9.05. The lowest BCUT2D eigenvalue weighted by Crippen LogP contribution is -2.42. The minimum absolute atomic E-state index is 0.0130. The zero-order chi connectivity index (χ0) is 19.2. The van der Waals surface area contributed by atoms with E-state index in [0.29, 0.717) is 0 Å². The SMILES string of the molecule is COc1ccc([C@@H]2C[C@H](NC(C)=O)C[C@H](CCc3ccccc3)O2)cc1C. The minimum atomic E-state index is -0.0130. The Balaban J connectivity index is 1.72. The number of carbonyl (C=O) groups is 1. The minimum Gasteiger partial charge on any atom is -0.496 e. The van der Waals surface area contributed by atoms with Crippen LogP contribution in [0.3, 0.4) is 0 Å². The molecule has 0 radical (unpaired) electrons. The van der Waals surface area contributed by atoms with Gasteiger partial charge in [0.25, 0.3) is 0 Å². The van der Waals surface area contributed by atoms with E-state index in [2.05, 4.69) is 41.7 Å². The van der Waals surface area contributed by atoms with E-state index in [0.717, 1.165) is 42.6 Å². The smallest absolute Gasteiger partial charge is 0.217 e. The molecule has 2 aromatic rings.